The molecule has 2 heterocycles. The number of aromatic nitrogens is 3. The van der Waals surface area contributed by atoms with Crippen LogP contribution in [0.5, 0.6) is 0 Å². The lowest BCUT2D eigenvalue weighted by molar-refractivity contribution is 0.102. The molecule has 180 valence electrons. The van der Waals surface area contributed by atoms with Gasteiger partial charge < -0.3 is 5.32 Å². The molecule has 0 saturated heterocycles. The molecule has 5 nitrogen and oxygen atoms in total. The lowest BCUT2D eigenvalue weighted by atomic mass is 10.0. The van der Waals surface area contributed by atoms with Crippen LogP contribution in [0.4, 0.5) is 5.69 Å². The van der Waals surface area contributed by atoms with E-state index in [1.54, 1.807) is 0 Å². The van der Waals surface area contributed by atoms with E-state index in [1.807, 2.05) is 72.4 Å². The van der Waals surface area contributed by atoms with E-state index in [-0.39, 0.29) is 5.91 Å². The van der Waals surface area contributed by atoms with Gasteiger partial charge in [0.15, 0.2) is 0 Å². The van der Waals surface area contributed by atoms with E-state index in [0.717, 1.165) is 51.2 Å². The molecule has 0 fully saturated rings. The quantitative estimate of drug-likeness (QED) is 0.280. The first-order chi connectivity index (χ1) is 17.5. The molecule has 0 aliphatic rings. The Balaban J connectivity index is 1.56. The van der Waals surface area contributed by atoms with Crippen molar-refractivity contribution >= 4 is 22.5 Å². The van der Waals surface area contributed by atoms with Crippen molar-refractivity contribution < 1.29 is 4.79 Å². The number of nitrogens with one attached hydrogen (secondary N) is 1. The van der Waals surface area contributed by atoms with Gasteiger partial charge in [0, 0.05) is 16.6 Å². The molecule has 0 radical (unpaired) electrons. The fraction of sp³-hybridized carbons (Fsp3) is 0.194. The first-order valence-corrected chi connectivity index (χ1v) is 12.4. The second kappa shape index (κ2) is 9.78. The molecule has 0 aliphatic carbocycles. The highest BCUT2D eigenvalue weighted by atomic mass is 16.1. The van der Waals surface area contributed by atoms with Gasteiger partial charge in [-0.3, -0.25) is 4.79 Å². The number of amides is 1. The molecule has 0 unspecified atom stereocenters. The van der Waals surface area contributed by atoms with Crippen LogP contribution < -0.4 is 5.32 Å². The average molecular weight is 475 g/mol. The van der Waals surface area contributed by atoms with Crippen LogP contribution in [-0.4, -0.2) is 20.7 Å². The van der Waals surface area contributed by atoms with Crippen molar-refractivity contribution in [3.8, 4) is 16.9 Å². The lowest BCUT2D eigenvalue weighted by Gasteiger charge is -2.13. The van der Waals surface area contributed by atoms with Gasteiger partial charge >= 0.3 is 0 Å². The first kappa shape index (κ1) is 23.5. The molecule has 5 aromatic rings. The minimum absolute atomic E-state index is 0.148. The molecule has 1 N–H and O–H groups in total. The zero-order valence-electron chi connectivity index (χ0n) is 21.1. The van der Waals surface area contributed by atoms with Crippen LogP contribution >= 0.6 is 0 Å². The average Bonchev–Trinajstić information content (AvgIpc) is 3.29. The number of rotatable bonds is 6. The summed E-state index contributed by atoms with van der Waals surface area (Å²) < 4.78 is 1.92. The summed E-state index contributed by atoms with van der Waals surface area (Å²) in [7, 11) is 0. The number of fused-ring (bicyclic) bond motifs is 1. The fourth-order valence-corrected chi connectivity index (χ4v) is 4.56. The summed E-state index contributed by atoms with van der Waals surface area (Å²) in [5.41, 5.74) is 8.19. The number of nitrogens with zero attached hydrogens (tertiary/aromatic N) is 3. The predicted octanol–water partition coefficient (Wildman–Crippen LogP) is 7.33. The number of aryl methyl sites for hydroxylation is 1. The Morgan fingerprint density at radius 2 is 1.69 bits per heavy atom. The van der Waals surface area contributed by atoms with Gasteiger partial charge in [0.05, 0.1) is 34.4 Å². The summed E-state index contributed by atoms with van der Waals surface area (Å²) in [4.78, 5) is 18.4. The summed E-state index contributed by atoms with van der Waals surface area (Å²) in [6, 6.07) is 26.0. The van der Waals surface area contributed by atoms with Gasteiger partial charge in [-0.05, 0) is 60.7 Å². The van der Waals surface area contributed by atoms with E-state index in [4.69, 9.17) is 4.98 Å². The van der Waals surface area contributed by atoms with Crippen LogP contribution in [-0.2, 0) is 6.42 Å². The van der Waals surface area contributed by atoms with Crippen LogP contribution in [0.15, 0.2) is 85.1 Å². The molecule has 5 heteroatoms. The highest BCUT2D eigenvalue weighted by Crippen LogP contribution is 2.29. The number of benzene rings is 3. The zero-order chi connectivity index (χ0) is 25.2. The number of anilines is 1. The summed E-state index contributed by atoms with van der Waals surface area (Å²) in [5.74, 6) is 0.328. The number of hydrogen-bond acceptors (Lipinski definition) is 3. The van der Waals surface area contributed by atoms with Crippen molar-refractivity contribution in [2.75, 3.05) is 5.32 Å². The Morgan fingerprint density at radius 3 is 2.44 bits per heavy atom. The SMILES string of the molecule is CCc1ccccc1NC(=O)c1cc(-c2cnn(-c3ccc(C(C)C)cc3)c2C)nc2ccccc12. The third-order valence-corrected chi connectivity index (χ3v) is 6.70. The molecule has 36 heavy (non-hydrogen) atoms. The number of para-hydroxylation sites is 2. The first-order valence-electron chi connectivity index (χ1n) is 12.4. The minimum Gasteiger partial charge on any atom is -0.322 e. The van der Waals surface area contributed by atoms with Crippen molar-refractivity contribution in [3.05, 3.63) is 107 Å². The van der Waals surface area contributed by atoms with E-state index in [1.165, 1.54) is 5.56 Å². The molecule has 5 rings (SSSR count). The van der Waals surface area contributed by atoms with Crippen LogP contribution in [0.1, 0.15) is 53.9 Å². The van der Waals surface area contributed by atoms with Gasteiger partial charge in [-0.1, -0.05) is 69.3 Å². The minimum atomic E-state index is -0.148. The van der Waals surface area contributed by atoms with Gasteiger partial charge in [-0.25, -0.2) is 9.67 Å². The normalized spacial score (nSPS) is 11.2. The molecular formula is C31H30N4O. The maximum absolute atomic E-state index is 13.5. The van der Waals surface area contributed by atoms with Crippen molar-refractivity contribution in [2.45, 2.75) is 40.0 Å². The van der Waals surface area contributed by atoms with Crippen LogP contribution in [0.25, 0.3) is 27.8 Å². The molecular weight excluding hydrogens is 444 g/mol. The number of carbonyl (C=O) groups is 1. The molecule has 0 saturated carbocycles. The van der Waals surface area contributed by atoms with E-state index in [2.05, 4.69) is 55.5 Å². The van der Waals surface area contributed by atoms with E-state index in [9.17, 15) is 4.79 Å². The second-order valence-corrected chi connectivity index (χ2v) is 9.34. The van der Waals surface area contributed by atoms with Crippen LogP contribution in [0, 0.1) is 6.92 Å². The van der Waals surface area contributed by atoms with Gasteiger partial charge in [0.25, 0.3) is 5.91 Å². The molecule has 1 amide bonds. The molecule has 2 aromatic heterocycles. The Labute approximate surface area is 211 Å². The predicted molar refractivity (Wildman–Crippen MR) is 147 cm³/mol. The highest BCUT2D eigenvalue weighted by Gasteiger charge is 2.18. The molecule has 0 bridgehead atoms. The van der Waals surface area contributed by atoms with Crippen LogP contribution in [0.2, 0.25) is 0 Å². The van der Waals surface area contributed by atoms with Crippen LogP contribution in [0.3, 0.4) is 0 Å². The fourth-order valence-electron chi connectivity index (χ4n) is 4.56. The number of hydrogen-bond donors (Lipinski definition) is 1. The molecule has 0 spiro atoms. The van der Waals surface area contributed by atoms with Gasteiger partial charge in [0.1, 0.15) is 0 Å². The van der Waals surface area contributed by atoms with Gasteiger partial charge in [0.2, 0.25) is 0 Å². The third-order valence-electron chi connectivity index (χ3n) is 6.70. The van der Waals surface area contributed by atoms with Gasteiger partial charge in [-0.2, -0.15) is 5.10 Å². The lowest BCUT2D eigenvalue weighted by Crippen LogP contribution is -2.14. The van der Waals surface area contributed by atoms with Crippen molar-refractivity contribution in [1.29, 1.82) is 0 Å². The Hall–Kier alpha value is -4.25. The molecule has 0 aliphatic heterocycles. The third kappa shape index (κ3) is 4.40. The summed E-state index contributed by atoms with van der Waals surface area (Å²) in [6.45, 7) is 8.49. The number of carbonyl (C=O) groups excluding carboxylic acids is 1. The van der Waals surface area contributed by atoms with Gasteiger partial charge in [-0.15, -0.1) is 0 Å². The standard InChI is InChI=1S/C31H30N4O/c1-5-22-10-6-8-12-28(22)34-31(36)26-18-30(33-29-13-9-7-11-25(26)29)27-19-32-35(21(27)4)24-16-14-23(15-17-24)20(2)3/h6-20H,5H2,1-4H3,(H,34,36). The monoisotopic (exact) mass is 474 g/mol. The zero-order valence-corrected chi connectivity index (χ0v) is 21.1. The van der Waals surface area contributed by atoms with E-state index >= 15 is 0 Å². The van der Waals surface area contributed by atoms with Crippen molar-refractivity contribution in [3.63, 3.8) is 0 Å². The van der Waals surface area contributed by atoms with Crippen molar-refractivity contribution in [1.82, 2.24) is 14.8 Å². The van der Waals surface area contributed by atoms with E-state index in [0.29, 0.717) is 11.5 Å². The summed E-state index contributed by atoms with van der Waals surface area (Å²) >= 11 is 0. The summed E-state index contributed by atoms with van der Waals surface area (Å²) in [5, 5.41) is 8.60. The maximum atomic E-state index is 13.5. The van der Waals surface area contributed by atoms with E-state index < -0.39 is 0 Å². The Bertz CT molecular complexity index is 1550. The molecule has 3 aromatic carbocycles. The molecule has 0 atom stereocenters. The smallest absolute Gasteiger partial charge is 0.256 e. The highest BCUT2D eigenvalue weighted by molar-refractivity contribution is 6.13. The largest absolute Gasteiger partial charge is 0.322 e. The summed E-state index contributed by atoms with van der Waals surface area (Å²) in [6.07, 6.45) is 2.67. The van der Waals surface area contributed by atoms with Crippen molar-refractivity contribution in [2.24, 2.45) is 0 Å². The Morgan fingerprint density at radius 1 is 0.972 bits per heavy atom. The Kier molecular flexibility index (Phi) is 6.38. The topological polar surface area (TPSA) is 59.8 Å². The second-order valence-electron chi connectivity index (χ2n) is 9.34. The number of pyridine rings is 1. The maximum Gasteiger partial charge on any atom is 0.256 e.